The van der Waals surface area contributed by atoms with Crippen LogP contribution in [0.25, 0.3) is 0 Å². The van der Waals surface area contributed by atoms with Gasteiger partial charge in [-0.15, -0.1) is 11.3 Å². The minimum absolute atomic E-state index is 0.571. The molecule has 2 N–H and O–H groups in total. The molecule has 0 spiro atoms. The molecule has 0 saturated heterocycles. The summed E-state index contributed by atoms with van der Waals surface area (Å²) in [5, 5.41) is 2.10. The van der Waals surface area contributed by atoms with Crippen molar-refractivity contribution >= 4 is 22.8 Å². The number of nitrogen functional groups attached to an aromatic ring is 1. The van der Waals surface area contributed by atoms with Gasteiger partial charge in [-0.2, -0.15) is 0 Å². The van der Waals surface area contributed by atoms with Crippen molar-refractivity contribution in [2.75, 3.05) is 17.2 Å². The van der Waals surface area contributed by atoms with Gasteiger partial charge in [-0.25, -0.2) is 4.98 Å². The summed E-state index contributed by atoms with van der Waals surface area (Å²) in [5.74, 6) is 0.571. The number of rotatable bonds is 4. The number of hydrogen-bond acceptors (Lipinski definition) is 4. The number of pyridine rings is 1. The summed E-state index contributed by atoms with van der Waals surface area (Å²) in [5.41, 5.74) is 6.82. The van der Waals surface area contributed by atoms with E-state index in [4.69, 9.17) is 5.73 Å². The SMILES string of the molecule is CCN(Cc1cccs1)c1ccnc(N)c1. The number of anilines is 2. The van der Waals surface area contributed by atoms with Crippen LogP contribution in [0.2, 0.25) is 0 Å². The van der Waals surface area contributed by atoms with Crippen LogP contribution in [-0.2, 0) is 6.54 Å². The molecule has 0 unspecified atom stereocenters. The van der Waals surface area contributed by atoms with Crippen molar-refractivity contribution in [1.29, 1.82) is 0 Å². The molecule has 0 fully saturated rings. The molecule has 2 rings (SSSR count). The first-order chi connectivity index (χ1) is 7.79. The lowest BCUT2D eigenvalue weighted by Gasteiger charge is -2.22. The van der Waals surface area contributed by atoms with Gasteiger partial charge in [0.25, 0.3) is 0 Å². The van der Waals surface area contributed by atoms with Gasteiger partial charge in [0.15, 0.2) is 0 Å². The van der Waals surface area contributed by atoms with Gasteiger partial charge in [0, 0.05) is 29.4 Å². The normalized spacial score (nSPS) is 10.3. The first-order valence-electron chi connectivity index (χ1n) is 5.28. The summed E-state index contributed by atoms with van der Waals surface area (Å²) in [6.45, 7) is 4.03. The van der Waals surface area contributed by atoms with Crippen molar-refractivity contribution in [3.8, 4) is 0 Å². The van der Waals surface area contributed by atoms with Crippen LogP contribution >= 0.6 is 11.3 Å². The van der Waals surface area contributed by atoms with Gasteiger partial charge in [0.05, 0.1) is 6.54 Å². The summed E-state index contributed by atoms with van der Waals surface area (Å²) in [6.07, 6.45) is 1.75. The van der Waals surface area contributed by atoms with Crippen LogP contribution in [0.5, 0.6) is 0 Å². The van der Waals surface area contributed by atoms with Gasteiger partial charge >= 0.3 is 0 Å². The van der Waals surface area contributed by atoms with E-state index in [-0.39, 0.29) is 0 Å². The fourth-order valence-corrected chi connectivity index (χ4v) is 2.33. The molecular formula is C12H15N3S. The van der Waals surface area contributed by atoms with Crippen molar-refractivity contribution < 1.29 is 0 Å². The maximum absolute atomic E-state index is 5.69. The lowest BCUT2D eigenvalue weighted by Crippen LogP contribution is -2.21. The van der Waals surface area contributed by atoms with Crippen LogP contribution in [0.15, 0.2) is 35.8 Å². The molecule has 0 aliphatic rings. The second-order valence-electron chi connectivity index (χ2n) is 3.53. The van der Waals surface area contributed by atoms with Crippen LogP contribution in [0, 0.1) is 0 Å². The molecule has 2 aromatic rings. The summed E-state index contributed by atoms with van der Waals surface area (Å²) in [7, 11) is 0. The molecule has 16 heavy (non-hydrogen) atoms. The highest BCUT2D eigenvalue weighted by Crippen LogP contribution is 2.20. The Morgan fingerprint density at radius 3 is 2.94 bits per heavy atom. The van der Waals surface area contributed by atoms with Crippen molar-refractivity contribution in [2.45, 2.75) is 13.5 Å². The molecule has 84 valence electrons. The van der Waals surface area contributed by atoms with E-state index in [9.17, 15) is 0 Å². The molecule has 0 bridgehead atoms. The van der Waals surface area contributed by atoms with Gasteiger partial charge in [0.1, 0.15) is 5.82 Å². The zero-order chi connectivity index (χ0) is 11.4. The highest BCUT2D eigenvalue weighted by Gasteiger charge is 2.06. The Morgan fingerprint density at radius 1 is 1.44 bits per heavy atom. The first-order valence-corrected chi connectivity index (χ1v) is 6.16. The fraction of sp³-hybridized carbons (Fsp3) is 0.250. The summed E-state index contributed by atoms with van der Waals surface area (Å²) in [6, 6.07) is 8.14. The van der Waals surface area contributed by atoms with Crippen LogP contribution in [-0.4, -0.2) is 11.5 Å². The highest BCUT2D eigenvalue weighted by molar-refractivity contribution is 7.09. The van der Waals surface area contributed by atoms with Crippen molar-refractivity contribution in [2.24, 2.45) is 0 Å². The van der Waals surface area contributed by atoms with E-state index in [1.54, 1.807) is 17.5 Å². The van der Waals surface area contributed by atoms with Crippen molar-refractivity contribution in [3.05, 3.63) is 40.7 Å². The third kappa shape index (κ3) is 2.52. The number of hydrogen-bond donors (Lipinski definition) is 1. The smallest absolute Gasteiger partial charge is 0.125 e. The van der Waals surface area contributed by atoms with Crippen LogP contribution in [0.3, 0.4) is 0 Å². The average molecular weight is 233 g/mol. The van der Waals surface area contributed by atoms with Crippen LogP contribution in [0.1, 0.15) is 11.8 Å². The first kappa shape index (κ1) is 11.0. The second kappa shape index (κ2) is 4.99. The predicted molar refractivity (Wildman–Crippen MR) is 69.7 cm³/mol. The molecular weight excluding hydrogens is 218 g/mol. The van der Waals surface area contributed by atoms with E-state index in [0.717, 1.165) is 18.8 Å². The molecule has 3 nitrogen and oxygen atoms in total. The monoisotopic (exact) mass is 233 g/mol. The molecule has 0 radical (unpaired) electrons. The Bertz CT molecular complexity index is 439. The Hall–Kier alpha value is -1.55. The van der Waals surface area contributed by atoms with E-state index >= 15 is 0 Å². The van der Waals surface area contributed by atoms with Crippen LogP contribution < -0.4 is 10.6 Å². The molecule has 0 aromatic carbocycles. The van der Waals surface area contributed by atoms with E-state index in [1.807, 2.05) is 12.1 Å². The maximum Gasteiger partial charge on any atom is 0.125 e. The van der Waals surface area contributed by atoms with E-state index in [1.165, 1.54) is 4.88 Å². The Balaban J connectivity index is 2.16. The van der Waals surface area contributed by atoms with Gasteiger partial charge in [-0.1, -0.05) is 6.07 Å². The highest BCUT2D eigenvalue weighted by atomic mass is 32.1. The van der Waals surface area contributed by atoms with Crippen molar-refractivity contribution in [1.82, 2.24) is 4.98 Å². The molecule has 2 aromatic heterocycles. The zero-order valence-corrected chi connectivity index (χ0v) is 10.1. The largest absolute Gasteiger partial charge is 0.384 e. The summed E-state index contributed by atoms with van der Waals surface area (Å²) >= 11 is 1.78. The second-order valence-corrected chi connectivity index (χ2v) is 4.56. The number of nitrogens with two attached hydrogens (primary N) is 1. The van der Waals surface area contributed by atoms with E-state index < -0.39 is 0 Å². The van der Waals surface area contributed by atoms with Gasteiger partial charge in [0.2, 0.25) is 0 Å². The number of nitrogens with zero attached hydrogens (tertiary/aromatic N) is 2. The zero-order valence-electron chi connectivity index (χ0n) is 9.26. The third-order valence-electron chi connectivity index (χ3n) is 2.44. The van der Waals surface area contributed by atoms with Gasteiger partial charge in [-0.05, 0) is 24.4 Å². The molecule has 0 amide bonds. The van der Waals surface area contributed by atoms with Gasteiger partial charge < -0.3 is 10.6 Å². The van der Waals surface area contributed by atoms with E-state index in [2.05, 4.69) is 34.3 Å². The summed E-state index contributed by atoms with van der Waals surface area (Å²) in [4.78, 5) is 7.65. The quantitative estimate of drug-likeness (QED) is 0.883. The Morgan fingerprint density at radius 2 is 2.31 bits per heavy atom. The number of thiophene rings is 1. The topological polar surface area (TPSA) is 42.2 Å². The minimum atomic E-state index is 0.571. The van der Waals surface area contributed by atoms with Crippen molar-refractivity contribution in [3.63, 3.8) is 0 Å². The Kier molecular flexibility index (Phi) is 3.41. The molecule has 4 heteroatoms. The lowest BCUT2D eigenvalue weighted by atomic mass is 10.3. The van der Waals surface area contributed by atoms with Gasteiger partial charge in [-0.3, -0.25) is 0 Å². The molecule has 2 heterocycles. The number of aromatic nitrogens is 1. The minimum Gasteiger partial charge on any atom is -0.384 e. The average Bonchev–Trinajstić information content (AvgIpc) is 2.78. The molecule has 0 saturated carbocycles. The standard InChI is InChI=1S/C12H15N3S/c1-2-15(9-11-4-3-7-16-11)10-5-6-14-12(13)8-10/h3-8H,2,9H2,1H3,(H2,13,14). The predicted octanol–water partition coefficient (Wildman–Crippen LogP) is 2.75. The molecule has 0 aliphatic carbocycles. The van der Waals surface area contributed by atoms with E-state index in [0.29, 0.717) is 5.82 Å². The van der Waals surface area contributed by atoms with Crippen LogP contribution in [0.4, 0.5) is 11.5 Å². The Labute approximate surface area is 99.5 Å². The molecule has 0 aliphatic heterocycles. The summed E-state index contributed by atoms with van der Waals surface area (Å²) < 4.78 is 0. The maximum atomic E-state index is 5.69. The fourth-order valence-electron chi connectivity index (χ4n) is 1.61. The lowest BCUT2D eigenvalue weighted by molar-refractivity contribution is 0.841. The molecule has 0 atom stereocenters. The third-order valence-corrected chi connectivity index (χ3v) is 3.30.